The molecule has 0 heterocycles. The Morgan fingerprint density at radius 1 is 1.46 bits per heavy atom. The van der Waals surface area contributed by atoms with Gasteiger partial charge in [0.2, 0.25) is 0 Å². The van der Waals surface area contributed by atoms with Crippen LogP contribution in [0.2, 0.25) is 0 Å². The maximum Gasteiger partial charge on any atom is 0.311 e. The molecule has 0 aromatic rings. The van der Waals surface area contributed by atoms with Crippen LogP contribution in [0.25, 0.3) is 0 Å². The van der Waals surface area contributed by atoms with E-state index in [0.717, 1.165) is 12.8 Å². The lowest BCUT2D eigenvalue weighted by molar-refractivity contribution is -0.149. The third-order valence-electron chi connectivity index (χ3n) is 5.86. The average Bonchev–Trinajstić information content (AvgIpc) is 2.49. The normalized spacial score (nSPS) is 25.6. The van der Waals surface area contributed by atoms with Gasteiger partial charge < -0.3 is 14.9 Å². The van der Waals surface area contributed by atoms with E-state index in [4.69, 9.17) is 0 Å². The van der Waals surface area contributed by atoms with Gasteiger partial charge in [0.15, 0.2) is 0 Å². The molecule has 0 aromatic heterocycles. The Hall–Kier alpha value is -0.870. The number of aliphatic hydroxyl groups excluding tert-OH is 1. The molecular formula is C20H36O4. The maximum absolute atomic E-state index is 11.5. The molecule has 4 unspecified atom stereocenters. The van der Waals surface area contributed by atoms with E-state index in [0.29, 0.717) is 25.2 Å². The molecule has 0 spiro atoms. The third kappa shape index (κ3) is 5.89. The van der Waals surface area contributed by atoms with Crippen molar-refractivity contribution in [2.45, 2.75) is 84.3 Å². The van der Waals surface area contributed by atoms with E-state index in [1.54, 1.807) is 6.92 Å². The van der Waals surface area contributed by atoms with Crippen LogP contribution in [0.3, 0.4) is 0 Å². The largest absolute Gasteiger partial charge is 0.469 e. The fraction of sp³-hybridized carbons (Fsp3) is 0.850. The van der Waals surface area contributed by atoms with Crippen molar-refractivity contribution < 1.29 is 19.7 Å². The molecule has 4 heteroatoms. The van der Waals surface area contributed by atoms with Crippen LogP contribution in [0.15, 0.2) is 12.2 Å². The van der Waals surface area contributed by atoms with Crippen molar-refractivity contribution in [3.05, 3.63) is 12.2 Å². The highest BCUT2D eigenvalue weighted by Crippen LogP contribution is 2.46. The number of hydrogen-bond donors (Lipinski definition) is 2. The number of ether oxygens (including phenoxy) is 1. The van der Waals surface area contributed by atoms with Crippen LogP contribution in [0.1, 0.15) is 72.6 Å². The predicted octanol–water partition coefficient (Wildman–Crippen LogP) is 3.85. The van der Waals surface area contributed by atoms with Gasteiger partial charge in [-0.05, 0) is 70.1 Å². The minimum atomic E-state index is -0.843. The molecule has 0 amide bonds. The minimum Gasteiger partial charge on any atom is -0.469 e. The lowest BCUT2D eigenvalue weighted by Gasteiger charge is -2.41. The summed E-state index contributed by atoms with van der Waals surface area (Å²) in [4.78, 5) is 11.5. The molecule has 1 rings (SSSR count). The number of allylic oxidation sites excluding steroid dienone is 1. The first-order chi connectivity index (χ1) is 11.0. The van der Waals surface area contributed by atoms with Crippen molar-refractivity contribution in [1.82, 2.24) is 0 Å². The zero-order valence-corrected chi connectivity index (χ0v) is 16.1. The number of rotatable bonds is 8. The number of carbonyl (C=O) groups is 1. The number of esters is 1. The van der Waals surface area contributed by atoms with Crippen LogP contribution in [-0.2, 0) is 9.53 Å². The summed E-state index contributed by atoms with van der Waals surface area (Å²) in [6.07, 6.45) is 5.16. The molecule has 140 valence electrons. The summed E-state index contributed by atoms with van der Waals surface area (Å²) in [5.74, 6) is -0.540. The molecule has 0 radical (unpaired) electrons. The summed E-state index contributed by atoms with van der Waals surface area (Å²) < 4.78 is 4.66. The van der Waals surface area contributed by atoms with Gasteiger partial charge in [-0.1, -0.05) is 26.0 Å². The van der Waals surface area contributed by atoms with Gasteiger partial charge in [-0.25, -0.2) is 0 Å². The first-order valence-electron chi connectivity index (χ1n) is 9.16. The Kier molecular flexibility index (Phi) is 7.48. The highest BCUT2D eigenvalue weighted by molar-refractivity contribution is 5.72. The molecular weight excluding hydrogens is 304 g/mol. The molecule has 1 fully saturated rings. The van der Waals surface area contributed by atoms with Crippen LogP contribution < -0.4 is 0 Å². The van der Waals surface area contributed by atoms with Crippen molar-refractivity contribution in [2.75, 3.05) is 7.11 Å². The fourth-order valence-corrected chi connectivity index (χ4v) is 3.90. The Labute approximate surface area is 147 Å². The monoisotopic (exact) mass is 340 g/mol. The van der Waals surface area contributed by atoms with E-state index in [-0.39, 0.29) is 5.41 Å². The molecule has 1 aliphatic carbocycles. The summed E-state index contributed by atoms with van der Waals surface area (Å²) >= 11 is 0. The van der Waals surface area contributed by atoms with E-state index in [1.165, 1.54) is 25.5 Å². The minimum absolute atomic E-state index is 0.240. The molecule has 0 saturated heterocycles. The van der Waals surface area contributed by atoms with Gasteiger partial charge in [-0.2, -0.15) is 0 Å². The van der Waals surface area contributed by atoms with Crippen molar-refractivity contribution in [2.24, 2.45) is 17.3 Å². The molecule has 24 heavy (non-hydrogen) atoms. The van der Waals surface area contributed by atoms with Crippen LogP contribution in [0.5, 0.6) is 0 Å². The average molecular weight is 341 g/mol. The van der Waals surface area contributed by atoms with E-state index >= 15 is 0 Å². The number of methoxy groups -OCH3 is 1. The van der Waals surface area contributed by atoms with Gasteiger partial charge in [-0.3, -0.25) is 4.79 Å². The Morgan fingerprint density at radius 2 is 2.08 bits per heavy atom. The highest BCUT2D eigenvalue weighted by Gasteiger charge is 2.36. The van der Waals surface area contributed by atoms with Crippen LogP contribution >= 0.6 is 0 Å². The van der Waals surface area contributed by atoms with Gasteiger partial charge >= 0.3 is 5.97 Å². The SMILES string of the molecule is C=C1CCCC(C)(C)C1CCC(C)(O)CCC(O)C(C)C(=O)OC. The van der Waals surface area contributed by atoms with Crippen molar-refractivity contribution in [3.8, 4) is 0 Å². The first kappa shape index (κ1) is 21.2. The van der Waals surface area contributed by atoms with Crippen molar-refractivity contribution in [3.63, 3.8) is 0 Å². The summed E-state index contributed by atoms with van der Waals surface area (Å²) in [7, 11) is 1.32. The topological polar surface area (TPSA) is 66.8 Å². The van der Waals surface area contributed by atoms with E-state index in [9.17, 15) is 15.0 Å². The highest BCUT2D eigenvalue weighted by atomic mass is 16.5. The Bertz CT molecular complexity index is 439. The van der Waals surface area contributed by atoms with Crippen molar-refractivity contribution >= 4 is 5.97 Å². The van der Waals surface area contributed by atoms with Crippen LogP contribution in [0.4, 0.5) is 0 Å². The molecule has 4 nitrogen and oxygen atoms in total. The second kappa shape index (κ2) is 8.48. The zero-order chi connectivity index (χ0) is 18.5. The molecule has 1 saturated carbocycles. The molecule has 2 N–H and O–H groups in total. The fourth-order valence-electron chi connectivity index (χ4n) is 3.90. The summed E-state index contributed by atoms with van der Waals surface area (Å²) in [6, 6.07) is 0. The van der Waals surface area contributed by atoms with E-state index < -0.39 is 23.6 Å². The first-order valence-corrected chi connectivity index (χ1v) is 9.16. The van der Waals surface area contributed by atoms with Crippen molar-refractivity contribution in [1.29, 1.82) is 0 Å². The van der Waals surface area contributed by atoms with Crippen LogP contribution in [-0.4, -0.2) is 35.0 Å². The van der Waals surface area contributed by atoms with Gasteiger partial charge in [0.1, 0.15) is 0 Å². The second-order valence-electron chi connectivity index (χ2n) is 8.51. The third-order valence-corrected chi connectivity index (χ3v) is 5.86. The van der Waals surface area contributed by atoms with Gasteiger partial charge in [-0.15, -0.1) is 0 Å². The molecule has 0 aliphatic heterocycles. The Balaban J connectivity index is 2.51. The van der Waals surface area contributed by atoms with Gasteiger partial charge in [0, 0.05) is 0 Å². The lowest BCUT2D eigenvalue weighted by atomic mass is 9.64. The standard InChI is InChI=1S/C20H36O4/c1-14-8-7-11-19(3,4)16(14)9-12-20(5,23)13-10-17(21)15(2)18(22)24-6/h15-17,21,23H,1,7-13H2,2-6H3. The van der Waals surface area contributed by atoms with E-state index in [1.807, 2.05) is 6.92 Å². The molecule has 0 aromatic carbocycles. The van der Waals surface area contributed by atoms with Gasteiger partial charge in [0.25, 0.3) is 0 Å². The second-order valence-corrected chi connectivity index (χ2v) is 8.51. The van der Waals surface area contributed by atoms with Gasteiger partial charge in [0.05, 0.1) is 24.7 Å². The number of carbonyl (C=O) groups excluding carboxylic acids is 1. The van der Waals surface area contributed by atoms with E-state index in [2.05, 4.69) is 25.2 Å². The zero-order valence-electron chi connectivity index (χ0n) is 16.1. The number of aliphatic hydroxyl groups is 2. The summed E-state index contributed by atoms with van der Waals surface area (Å²) in [6.45, 7) is 12.3. The summed E-state index contributed by atoms with van der Waals surface area (Å²) in [5, 5.41) is 20.8. The quantitative estimate of drug-likeness (QED) is 0.520. The maximum atomic E-state index is 11.5. The smallest absolute Gasteiger partial charge is 0.311 e. The molecule has 1 aliphatic rings. The predicted molar refractivity (Wildman–Crippen MR) is 96.5 cm³/mol. The summed E-state index contributed by atoms with van der Waals surface area (Å²) in [5.41, 5.74) is 0.705. The lowest BCUT2D eigenvalue weighted by Crippen LogP contribution is -2.34. The van der Waals surface area contributed by atoms with Crippen LogP contribution in [0, 0.1) is 17.3 Å². The molecule has 0 bridgehead atoms. The molecule has 4 atom stereocenters. The number of hydrogen-bond acceptors (Lipinski definition) is 4. The Morgan fingerprint density at radius 3 is 2.62 bits per heavy atom.